The molecule has 0 atom stereocenters. The molecule has 2 aromatic carbocycles. The first-order chi connectivity index (χ1) is 10.7. The van der Waals surface area contributed by atoms with Crippen LogP contribution in [0.25, 0.3) is 22.7 Å². The molecule has 0 spiro atoms. The van der Waals surface area contributed by atoms with E-state index in [1.807, 2.05) is 42.5 Å². The summed E-state index contributed by atoms with van der Waals surface area (Å²) in [5.41, 5.74) is 1.69. The quantitative estimate of drug-likeness (QED) is 0.679. The molecule has 0 unspecified atom stereocenters. The van der Waals surface area contributed by atoms with E-state index >= 15 is 0 Å². The van der Waals surface area contributed by atoms with Gasteiger partial charge in [0, 0.05) is 5.57 Å². The lowest BCUT2D eigenvalue weighted by Crippen LogP contribution is -2.22. The first-order valence-corrected chi connectivity index (χ1v) is 6.86. The Hall–Kier alpha value is -3.19. The largest absolute Gasteiger partial charge is 0.268 e. The Balaban J connectivity index is 2.42. The van der Waals surface area contributed by atoms with Gasteiger partial charge in [-0.2, -0.15) is 5.26 Å². The predicted molar refractivity (Wildman–Crippen MR) is 86.6 cm³/mol. The number of benzene rings is 2. The first-order valence-electron chi connectivity index (χ1n) is 6.86. The Bertz CT molecular complexity index is 963. The molecule has 0 N–H and O–H groups in total. The van der Waals surface area contributed by atoms with Crippen molar-refractivity contribution < 1.29 is 0 Å². The summed E-state index contributed by atoms with van der Waals surface area (Å²) in [6, 6.07) is 18.6. The van der Waals surface area contributed by atoms with Gasteiger partial charge in [0.2, 0.25) is 0 Å². The van der Waals surface area contributed by atoms with E-state index in [2.05, 4.69) is 11.1 Å². The molecule has 0 fully saturated rings. The zero-order valence-corrected chi connectivity index (χ0v) is 12.0. The van der Waals surface area contributed by atoms with Crippen LogP contribution in [0.15, 0.2) is 65.0 Å². The number of nitrogens with zero attached hydrogens (tertiary/aromatic N) is 3. The Kier molecular flexibility index (Phi) is 3.55. The number of rotatable bonds is 2. The number of para-hydroxylation sites is 2. The molecule has 0 saturated heterocycles. The highest BCUT2D eigenvalue weighted by Gasteiger charge is 2.11. The van der Waals surface area contributed by atoms with Gasteiger partial charge in [-0.05, 0) is 37.3 Å². The molecule has 0 aliphatic heterocycles. The fourth-order valence-corrected chi connectivity index (χ4v) is 2.30. The Morgan fingerprint density at radius 2 is 1.82 bits per heavy atom. The van der Waals surface area contributed by atoms with Crippen LogP contribution in [0, 0.1) is 11.3 Å². The molecule has 3 rings (SSSR count). The monoisotopic (exact) mass is 287 g/mol. The Morgan fingerprint density at radius 1 is 1.14 bits per heavy atom. The molecule has 106 valence electrons. The molecule has 0 bridgehead atoms. The SMILES string of the molecule is C/C(C#N)=C/c1nc2ccccc2c(=O)n1-c1ccccc1. The van der Waals surface area contributed by atoms with Crippen LogP contribution < -0.4 is 5.56 Å². The molecule has 1 aromatic heterocycles. The third kappa shape index (κ3) is 2.40. The Morgan fingerprint density at radius 3 is 2.55 bits per heavy atom. The van der Waals surface area contributed by atoms with E-state index in [0.717, 1.165) is 5.69 Å². The van der Waals surface area contributed by atoms with Crippen molar-refractivity contribution in [1.82, 2.24) is 9.55 Å². The number of hydrogen-bond donors (Lipinski definition) is 0. The summed E-state index contributed by atoms with van der Waals surface area (Å²) in [4.78, 5) is 17.4. The molecule has 0 aliphatic rings. The molecular weight excluding hydrogens is 274 g/mol. The van der Waals surface area contributed by atoms with Crippen molar-refractivity contribution in [2.24, 2.45) is 0 Å². The standard InChI is InChI=1S/C18H13N3O/c1-13(12-19)11-17-20-16-10-6-5-9-15(16)18(22)21(17)14-7-3-2-4-8-14/h2-11H,1H3/b13-11-. The lowest BCUT2D eigenvalue weighted by atomic mass is 10.2. The van der Waals surface area contributed by atoms with Crippen molar-refractivity contribution >= 4 is 17.0 Å². The maximum absolute atomic E-state index is 12.8. The highest BCUT2D eigenvalue weighted by Crippen LogP contribution is 2.14. The van der Waals surface area contributed by atoms with Gasteiger partial charge in [-0.3, -0.25) is 9.36 Å². The van der Waals surface area contributed by atoms with E-state index in [0.29, 0.717) is 22.3 Å². The van der Waals surface area contributed by atoms with Gasteiger partial charge >= 0.3 is 0 Å². The van der Waals surface area contributed by atoms with Gasteiger partial charge in [0.1, 0.15) is 5.82 Å². The van der Waals surface area contributed by atoms with Crippen molar-refractivity contribution in [2.45, 2.75) is 6.92 Å². The van der Waals surface area contributed by atoms with Crippen LogP contribution in [0.3, 0.4) is 0 Å². The van der Waals surface area contributed by atoms with Crippen LogP contribution in [0.4, 0.5) is 0 Å². The topological polar surface area (TPSA) is 58.7 Å². The second-order valence-electron chi connectivity index (χ2n) is 4.90. The lowest BCUT2D eigenvalue weighted by molar-refractivity contribution is 0.942. The maximum Gasteiger partial charge on any atom is 0.266 e. The van der Waals surface area contributed by atoms with Crippen LogP contribution in [0.5, 0.6) is 0 Å². The highest BCUT2D eigenvalue weighted by molar-refractivity contribution is 5.79. The number of allylic oxidation sites excluding steroid dienone is 1. The molecule has 0 radical (unpaired) electrons. The normalized spacial score (nSPS) is 11.4. The number of fused-ring (bicyclic) bond motifs is 1. The fourth-order valence-electron chi connectivity index (χ4n) is 2.30. The van der Waals surface area contributed by atoms with Gasteiger partial charge in [-0.1, -0.05) is 30.3 Å². The molecule has 0 aliphatic carbocycles. The van der Waals surface area contributed by atoms with E-state index in [9.17, 15) is 4.79 Å². The first kappa shape index (κ1) is 13.8. The number of hydrogen-bond acceptors (Lipinski definition) is 3. The summed E-state index contributed by atoms with van der Waals surface area (Å²) < 4.78 is 1.53. The van der Waals surface area contributed by atoms with E-state index in [1.165, 1.54) is 4.57 Å². The van der Waals surface area contributed by atoms with Crippen molar-refractivity contribution in [3.8, 4) is 11.8 Å². The van der Waals surface area contributed by atoms with Gasteiger partial charge in [0.05, 0.1) is 22.7 Å². The smallest absolute Gasteiger partial charge is 0.266 e. The molecule has 0 saturated carbocycles. The maximum atomic E-state index is 12.8. The molecule has 22 heavy (non-hydrogen) atoms. The third-order valence-corrected chi connectivity index (χ3v) is 3.34. The predicted octanol–water partition coefficient (Wildman–Crippen LogP) is 3.31. The van der Waals surface area contributed by atoms with Crippen LogP contribution in [-0.4, -0.2) is 9.55 Å². The van der Waals surface area contributed by atoms with Crippen LogP contribution in [-0.2, 0) is 0 Å². The summed E-state index contributed by atoms with van der Waals surface area (Å²) >= 11 is 0. The molecule has 1 heterocycles. The summed E-state index contributed by atoms with van der Waals surface area (Å²) in [5, 5.41) is 9.56. The fraction of sp³-hybridized carbons (Fsp3) is 0.0556. The second kappa shape index (κ2) is 5.66. The molecular formula is C18H13N3O. The molecule has 3 aromatic rings. The summed E-state index contributed by atoms with van der Waals surface area (Å²) in [7, 11) is 0. The average molecular weight is 287 g/mol. The van der Waals surface area contributed by atoms with Crippen molar-refractivity contribution in [3.05, 3.63) is 76.3 Å². The zero-order valence-electron chi connectivity index (χ0n) is 12.0. The van der Waals surface area contributed by atoms with Gasteiger partial charge in [0.15, 0.2) is 0 Å². The molecule has 4 nitrogen and oxygen atoms in total. The van der Waals surface area contributed by atoms with Crippen LogP contribution in [0.2, 0.25) is 0 Å². The lowest BCUT2D eigenvalue weighted by Gasteiger charge is -2.11. The highest BCUT2D eigenvalue weighted by atomic mass is 16.1. The van der Waals surface area contributed by atoms with Crippen LogP contribution in [0.1, 0.15) is 12.7 Å². The third-order valence-electron chi connectivity index (χ3n) is 3.34. The van der Waals surface area contributed by atoms with E-state index in [1.54, 1.807) is 25.1 Å². The zero-order chi connectivity index (χ0) is 15.5. The van der Waals surface area contributed by atoms with Gasteiger partial charge in [-0.15, -0.1) is 0 Å². The molecule has 4 heteroatoms. The minimum Gasteiger partial charge on any atom is -0.268 e. The molecule has 0 amide bonds. The van der Waals surface area contributed by atoms with E-state index in [-0.39, 0.29) is 5.56 Å². The second-order valence-corrected chi connectivity index (χ2v) is 4.90. The summed E-state index contributed by atoms with van der Waals surface area (Å²) in [6.45, 7) is 1.69. The van der Waals surface area contributed by atoms with Gasteiger partial charge < -0.3 is 0 Å². The van der Waals surface area contributed by atoms with Crippen molar-refractivity contribution in [1.29, 1.82) is 5.26 Å². The van der Waals surface area contributed by atoms with Gasteiger partial charge in [-0.25, -0.2) is 4.98 Å². The number of aromatic nitrogens is 2. The van der Waals surface area contributed by atoms with E-state index in [4.69, 9.17) is 5.26 Å². The Labute approximate surface area is 127 Å². The number of nitriles is 1. The van der Waals surface area contributed by atoms with Crippen LogP contribution >= 0.6 is 0 Å². The van der Waals surface area contributed by atoms with E-state index < -0.39 is 0 Å². The summed E-state index contributed by atoms with van der Waals surface area (Å²) in [5.74, 6) is 0.453. The van der Waals surface area contributed by atoms with Crippen molar-refractivity contribution in [2.75, 3.05) is 0 Å². The van der Waals surface area contributed by atoms with Crippen molar-refractivity contribution in [3.63, 3.8) is 0 Å². The minimum atomic E-state index is -0.145. The average Bonchev–Trinajstić information content (AvgIpc) is 2.56. The van der Waals surface area contributed by atoms with Gasteiger partial charge in [0.25, 0.3) is 5.56 Å². The summed E-state index contributed by atoms with van der Waals surface area (Å²) in [6.07, 6.45) is 1.63. The minimum absolute atomic E-state index is 0.145.